The molecule has 4 aliphatic rings. The second kappa shape index (κ2) is 9.75. The molecule has 0 radical (unpaired) electrons. The van der Waals surface area contributed by atoms with Gasteiger partial charge in [-0.05, 0) is 92.3 Å². The molecule has 0 bridgehead atoms. The lowest BCUT2D eigenvalue weighted by Crippen LogP contribution is -2.63. The summed E-state index contributed by atoms with van der Waals surface area (Å²) in [6.45, 7) is 6.11. The van der Waals surface area contributed by atoms with Crippen molar-refractivity contribution in [2.45, 2.75) is 103 Å². The van der Waals surface area contributed by atoms with Crippen molar-refractivity contribution in [1.29, 1.82) is 0 Å². The van der Waals surface area contributed by atoms with Crippen LogP contribution in [-0.2, 0) is 19.1 Å². The van der Waals surface area contributed by atoms with E-state index in [-0.39, 0.29) is 59.7 Å². The summed E-state index contributed by atoms with van der Waals surface area (Å²) in [4.78, 5) is 23.9. The van der Waals surface area contributed by atoms with Crippen LogP contribution >= 0.6 is 0 Å². The summed E-state index contributed by atoms with van der Waals surface area (Å²) >= 11 is 0. The van der Waals surface area contributed by atoms with Gasteiger partial charge >= 0.3 is 18.1 Å². The first-order chi connectivity index (χ1) is 16.7. The zero-order chi connectivity index (χ0) is 26.6. The van der Waals surface area contributed by atoms with Gasteiger partial charge in [0.15, 0.2) is 0 Å². The number of ether oxygens (including phenoxy) is 2. The van der Waals surface area contributed by atoms with Gasteiger partial charge in [-0.15, -0.1) is 0 Å². The van der Waals surface area contributed by atoms with E-state index in [9.17, 15) is 33.0 Å². The minimum absolute atomic E-state index is 0.0108. The maximum atomic E-state index is 13.4. The molecule has 0 unspecified atom stereocenters. The van der Waals surface area contributed by atoms with Gasteiger partial charge in [0.1, 0.15) is 6.10 Å². The molecule has 0 spiro atoms. The van der Waals surface area contributed by atoms with E-state index in [1.807, 2.05) is 13.8 Å². The van der Waals surface area contributed by atoms with Crippen LogP contribution in [0.25, 0.3) is 0 Å². The molecule has 4 fully saturated rings. The maximum absolute atomic E-state index is 13.4. The summed E-state index contributed by atoms with van der Waals surface area (Å²) in [6, 6.07) is 0. The molecule has 2 N–H and O–H groups in total. The van der Waals surface area contributed by atoms with Crippen LogP contribution in [0, 0.1) is 46.3 Å². The van der Waals surface area contributed by atoms with Crippen LogP contribution < -0.4 is 0 Å². The average molecular weight is 519 g/mol. The molecule has 11 atom stereocenters. The van der Waals surface area contributed by atoms with Crippen molar-refractivity contribution in [2.75, 3.05) is 7.11 Å². The largest absolute Gasteiger partial charge is 0.490 e. The fraction of sp³-hybridized carbons (Fsp3) is 0.926. The van der Waals surface area contributed by atoms with Gasteiger partial charge in [-0.2, -0.15) is 13.2 Å². The fourth-order valence-corrected chi connectivity index (χ4v) is 9.12. The summed E-state index contributed by atoms with van der Waals surface area (Å²) < 4.78 is 50.2. The minimum Gasteiger partial charge on any atom is -0.469 e. The SMILES string of the molecule is COC(=O)CC[C@@H](C)[C@H]1CC[C@H]2[C@@H]3[C@H](O)C[C@@H]4C[C@H](O)CC[C@]4(C)[C@H]3C[C@H](OC(=O)C(F)(F)F)[C@]12C. The number of rotatable bonds is 5. The van der Waals surface area contributed by atoms with E-state index < -0.39 is 35.9 Å². The second-order valence-corrected chi connectivity index (χ2v) is 12.5. The Morgan fingerprint density at radius 1 is 1.06 bits per heavy atom. The third-order valence-electron chi connectivity index (χ3n) is 11.0. The molecule has 6 nitrogen and oxygen atoms in total. The number of hydrogen-bond acceptors (Lipinski definition) is 6. The predicted octanol–water partition coefficient (Wildman–Crippen LogP) is 4.65. The van der Waals surface area contributed by atoms with Crippen molar-refractivity contribution >= 4 is 11.9 Å². The number of alkyl halides is 3. The number of methoxy groups -OCH3 is 1. The minimum atomic E-state index is -5.08. The molecule has 0 aromatic carbocycles. The van der Waals surface area contributed by atoms with Gasteiger partial charge in [0, 0.05) is 11.8 Å². The Labute approximate surface area is 211 Å². The van der Waals surface area contributed by atoms with Gasteiger partial charge in [-0.3, -0.25) is 4.79 Å². The topological polar surface area (TPSA) is 93.1 Å². The summed E-state index contributed by atoms with van der Waals surface area (Å²) in [6.07, 6.45) is -1.98. The lowest BCUT2D eigenvalue weighted by atomic mass is 9.43. The Kier molecular flexibility index (Phi) is 7.50. The molecule has 0 heterocycles. The molecule has 0 aromatic heterocycles. The van der Waals surface area contributed by atoms with Crippen molar-refractivity contribution in [3.05, 3.63) is 0 Å². The van der Waals surface area contributed by atoms with Gasteiger partial charge < -0.3 is 19.7 Å². The number of aliphatic hydroxyl groups excluding tert-OH is 2. The summed E-state index contributed by atoms with van der Waals surface area (Å²) in [5, 5.41) is 21.7. The predicted molar refractivity (Wildman–Crippen MR) is 124 cm³/mol. The first-order valence-electron chi connectivity index (χ1n) is 13.4. The maximum Gasteiger partial charge on any atom is 0.490 e. The first-order valence-corrected chi connectivity index (χ1v) is 13.4. The van der Waals surface area contributed by atoms with E-state index in [2.05, 4.69) is 6.92 Å². The highest BCUT2D eigenvalue weighted by Crippen LogP contribution is 2.69. The lowest BCUT2D eigenvalue weighted by Gasteiger charge is -2.63. The number of esters is 2. The summed E-state index contributed by atoms with van der Waals surface area (Å²) in [5.41, 5.74) is -0.974. The molecule has 36 heavy (non-hydrogen) atoms. The quantitative estimate of drug-likeness (QED) is 0.515. The zero-order valence-corrected chi connectivity index (χ0v) is 21.7. The van der Waals surface area contributed by atoms with Crippen molar-refractivity contribution in [3.63, 3.8) is 0 Å². The van der Waals surface area contributed by atoms with Crippen molar-refractivity contribution in [3.8, 4) is 0 Å². The van der Waals surface area contributed by atoms with Crippen LogP contribution in [0.4, 0.5) is 13.2 Å². The molecular weight excluding hydrogens is 477 g/mol. The van der Waals surface area contributed by atoms with Gasteiger partial charge in [0.25, 0.3) is 0 Å². The Morgan fingerprint density at radius 3 is 2.39 bits per heavy atom. The summed E-state index contributed by atoms with van der Waals surface area (Å²) in [7, 11) is 1.33. The van der Waals surface area contributed by atoms with Gasteiger partial charge in [0.2, 0.25) is 0 Å². The molecule has 4 saturated carbocycles. The fourth-order valence-electron chi connectivity index (χ4n) is 9.12. The van der Waals surface area contributed by atoms with Crippen LogP contribution in [0.1, 0.15) is 78.6 Å². The Hall–Kier alpha value is -1.35. The molecule has 0 amide bonds. The normalized spacial score (nSPS) is 45.1. The van der Waals surface area contributed by atoms with Crippen LogP contribution in [0.3, 0.4) is 0 Å². The van der Waals surface area contributed by atoms with E-state index >= 15 is 0 Å². The van der Waals surface area contributed by atoms with E-state index in [1.54, 1.807) is 0 Å². The number of carbonyl (C=O) groups is 2. The van der Waals surface area contributed by atoms with E-state index in [0.717, 1.165) is 19.3 Å². The molecule has 4 rings (SSSR count). The first kappa shape index (κ1) is 27.7. The van der Waals surface area contributed by atoms with Crippen LogP contribution in [0.5, 0.6) is 0 Å². The molecule has 206 valence electrons. The molecule has 0 saturated heterocycles. The third kappa shape index (κ3) is 4.56. The summed E-state index contributed by atoms with van der Waals surface area (Å²) in [5.74, 6) is -2.72. The van der Waals surface area contributed by atoms with Crippen LogP contribution in [0.2, 0.25) is 0 Å². The average Bonchev–Trinajstić information content (AvgIpc) is 3.16. The van der Waals surface area contributed by atoms with Crippen LogP contribution in [0.15, 0.2) is 0 Å². The third-order valence-corrected chi connectivity index (χ3v) is 11.0. The number of halogens is 3. The monoisotopic (exact) mass is 518 g/mol. The van der Waals surface area contributed by atoms with Gasteiger partial charge in [-0.1, -0.05) is 20.8 Å². The van der Waals surface area contributed by atoms with E-state index in [0.29, 0.717) is 25.7 Å². The Balaban J connectivity index is 1.69. The van der Waals surface area contributed by atoms with Gasteiger partial charge in [-0.25, -0.2) is 4.79 Å². The molecular formula is C27H41F3O6. The zero-order valence-electron chi connectivity index (χ0n) is 21.7. The Morgan fingerprint density at radius 2 is 1.75 bits per heavy atom. The Bertz CT molecular complexity index is 848. The van der Waals surface area contributed by atoms with E-state index in [4.69, 9.17) is 9.47 Å². The molecule has 9 heteroatoms. The van der Waals surface area contributed by atoms with Crippen molar-refractivity contribution < 1.29 is 42.4 Å². The van der Waals surface area contributed by atoms with Crippen molar-refractivity contribution in [2.24, 2.45) is 46.3 Å². The number of aliphatic hydroxyl groups is 2. The highest BCUT2D eigenvalue weighted by atomic mass is 19.4. The molecule has 4 aliphatic carbocycles. The second-order valence-electron chi connectivity index (χ2n) is 12.5. The molecule has 0 aromatic rings. The standard InChI is InChI=1S/C27H41F3O6/c1-14(5-8-22(33)35-4)17-6-7-18-23-19(13-21(26(17,18)3)36-24(34)27(28,29)30)25(2)10-9-16(31)11-15(25)12-20(23)32/h14-21,23,31-32H,5-13H2,1-4H3/t14-,15+,16-,17-,18+,19+,20-,21+,23+,25+,26-/m1/s1. The lowest BCUT2D eigenvalue weighted by molar-refractivity contribution is -0.239. The number of carbonyl (C=O) groups excluding carboxylic acids is 2. The van der Waals surface area contributed by atoms with Crippen LogP contribution in [-0.4, -0.2) is 53.7 Å². The highest BCUT2D eigenvalue weighted by Gasteiger charge is 2.67. The van der Waals surface area contributed by atoms with Gasteiger partial charge in [0.05, 0.1) is 19.3 Å². The number of hydrogen-bond donors (Lipinski definition) is 2. The smallest absolute Gasteiger partial charge is 0.469 e. The van der Waals surface area contributed by atoms with Crippen molar-refractivity contribution in [1.82, 2.24) is 0 Å². The van der Waals surface area contributed by atoms with E-state index in [1.165, 1.54) is 7.11 Å². The highest BCUT2D eigenvalue weighted by molar-refractivity contribution is 5.75. The number of fused-ring (bicyclic) bond motifs is 5. The molecule has 0 aliphatic heterocycles.